The summed E-state index contributed by atoms with van der Waals surface area (Å²) >= 11 is 11.6. The van der Waals surface area contributed by atoms with Crippen LogP contribution in [0.25, 0.3) is 0 Å². The summed E-state index contributed by atoms with van der Waals surface area (Å²) < 4.78 is 44.4. The highest BCUT2D eigenvalue weighted by Gasteiger charge is 2.34. The van der Waals surface area contributed by atoms with Gasteiger partial charge in [-0.05, 0) is 29.8 Å². The molecular formula is C14H10Cl2F3NO. The Morgan fingerprint density at radius 3 is 2.29 bits per heavy atom. The maximum Gasteiger partial charge on any atom is 0.419 e. The summed E-state index contributed by atoms with van der Waals surface area (Å²) in [5.74, 6) is -0.159. The van der Waals surface area contributed by atoms with Crippen molar-refractivity contribution in [2.24, 2.45) is 5.73 Å². The Bertz CT molecular complexity index is 659. The Hall–Kier alpha value is -1.43. The van der Waals surface area contributed by atoms with Crippen molar-refractivity contribution < 1.29 is 17.9 Å². The molecule has 2 aromatic rings. The van der Waals surface area contributed by atoms with Gasteiger partial charge in [-0.1, -0.05) is 29.3 Å². The predicted molar refractivity (Wildman–Crippen MR) is 75.9 cm³/mol. The van der Waals surface area contributed by atoms with Crippen molar-refractivity contribution >= 4 is 23.2 Å². The third-order valence-corrected chi connectivity index (χ3v) is 3.44. The van der Waals surface area contributed by atoms with Crippen molar-refractivity contribution in [2.45, 2.75) is 12.7 Å². The van der Waals surface area contributed by atoms with E-state index in [0.717, 1.165) is 6.07 Å². The molecule has 7 heteroatoms. The highest BCUT2D eigenvalue weighted by atomic mass is 35.5. The highest BCUT2D eigenvalue weighted by molar-refractivity contribution is 6.42. The first-order chi connectivity index (χ1) is 9.81. The molecule has 0 fully saturated rings. The maximum absolute atomic E-state index is 13.0. The Balaban J connectivity index is 2.41. The molecule has 0 heterocycles. The van der Waals surface area contributed by atoms with Crippen LogP contribution in [0.5, 0.6) is 11.5 Å². The van der Waals surface area contributed by atoms with Gasteiger partial charge in [-0.2, -0.15) is 13.2 Å². The molecule has 0 unspecified atom stereocenters. The van der Waals surface area contributed by atoms with E-state index in [1.165, 1.54) is 30.3 Å². The van der Waals surface area contributed by atoms with E-state index in [9.17, 15) is 13.2 Å². The lowest BCUT2D eigenvalue weighted by Crippen LogP contribution is -2.09. The minimum Gasteiger partial charge on any atom is -0.457 e. The largest absolute Gasteiger partial charge is 0.457 e. The summed E-state index contributed by atoms with van der Waals surface area (Å²) in [6.45, 7) is 0.0101. The van der Waals surface area contributed by atoms with Gasteiger partial charge < -0.3 is 10.5 Å². The van der Waals surface area contributed by atoms with Crippen LogP contribution in [0.2, 0.25) is 10.0 Å². The summed E-state index contributed by atoms with van der Waals surface area (Å²) in [5.41, 5.74) is 4.83. The smallest absolute Gasteiger partial charge is 0.419 e. The molecule has 0 aliphatic rings. The molecule has 2 nitrogen and oxygen atoms in total. The van der Waals surface area contributed by atoms with Crippen molar-refractivity contribution in [2.75, 3.05) is 0 Å². The molecule has 0 saturated carbocycles. The zero-order valence-corrected chi connectivity index (χ0v) is 12.1. The topological polar surface area (TPSA) is 35.2 Å². The Morgan fingerprint density at radius 2 is 1.71 bits per heavy atom. The molecule has 0 saturated heterocycles. The lowest BCUT2D eigenvalue weighted by molar-refractivity contribution is -0.138. The molecule has 0 atom stereocenters. The predicted octanol–water partition coefficient (Wildman–Crippen LogP) is 5.26. The molecule has 0 radical (unpaired) electrons. The zero-order valence-electron chi connectivity index (χ0n) is 10.5. The van der Waals surface area contributed by atoms with Gasteiger partial charge in [0.25, 0.3) is 0 Å². The van der Waals surface area contributed by atoms with Crippen LogP contribution in [0.3, 0.4) is 0 Å². The third kappa shape index (κ3) is 3.81. The summed E-state index contributed by atoms with van der Waals surface area (Å²) in [6, 6.07) is 7.90. The second-order valence-electron chi connectivity index (χ2n) is 4.21. The maximum atomic E-state index is 13.0. The van der Waals surface area contributed by atoms with Crippen LogP contribution in [-0.4, -0.2) is 0 Å². The first kappa shape index (κ1) is 15.9. The number of ether oxygens (including phenoxy) is 1. The standard InChI is InChI=1S/C14H10Cl2F3NO/c15-11-3-2-9(6-12(11)16)21-13-4-1-8(7-20)5-10(13)14(17,18)19/h1-6H,7,20H2. The lowest BCUT2D eigenvalue weighted by atomic mass is 10.1. The number of nitrogens with two attached hydrogens (primary N) is 1. The van der Waals surface area contributed by atoms with E-state index in [1.54, 1.807) is 0 Å². The highest BCUT2D eigenvalue weighted by Crippen LogP contribution is 2.39. The van der Waals surface area contributed by atoms with Gasteiger partial charge in [-0.15, -0.1) is 0 Å². The number of benzene rings is 2. The van der Waals surface area contributed by atoms with Crippen LogP contribution in [0.15, 0.2) is 36.4 Å². The molecule has 112 valence electrons. The van der Waals surface area contributed by atoms with Crippen molar-refractivity contribution in [3.05, 3.63) is 57.6 Å². The monoisotopic (exact) mass is 335 g/mol. The van der Waals surface area contributed by atoms with Gasteiger partial charge >= 0.3 is 6.18 Å². The molecule has 0 spiro atoms. The molecule has 2 aromatic carbocycles. The number of hydrogen-bond acceptors (Lipinski definition) is 2. The molecule has 0 aliphatic heterocycles. The van der Waals surface area contributed by atoms with E-state index < -0.39 is 11.7 Å². The van der Waals surface area contributed by atoms with Crippen molar-refractivity contribution in [1.82, 2.24) is 0 Å². The zero-order chi connectivity index (χ0) is 15.6. The Kier molecular flexibility index (Phi) is 4.66. The first-order valence-corrected chi connectivity index (χ1v) is 6.60. The van der Waals surface area contributed by atoms with Gasteiger partial charge in [0.05, 0.1) is 15.6 Å². The summed E-state index contributed by atoms with van der Waals surface area (Å²) in [7, 11) is 0. The fourth-order valence-corrected chi connectivity index (χ4v) is 1.97. The molecule has 0 bridgehead atoms. The normalized spacial score (nSPS) is 11.5. The van der Waals surface area contributed by atoms with Crippen molar-refractivity contribution in [3.63, 3.8) is 0 Å². The van der Waals surface area contributed by atoms with Crippen molar-refractivity contribution in [1.29, 1.82) is 0 Å². The number of rotatable bonds is 3. The average molecular weight is 336 g/mol. The number of hydrogen-bond donors (Lipinski definition) is 1. The average Bonchev–Trinajstić information content (AvgIpc) is 2.42. The van der Waals surface area contributed by atoms with Crippen LogP contribution < -0.4 is 10.5 Å². The van der Waals surface area contributed by atoms with E-state index in [4.69, 9.17) is 33.7 Å². The second-order valence-corrected chi connectivity index (χ2v) is 5.02. The van der Waals surface area contributed by atoms with Crippen LogP contribution in [-0.2, 0) is 12.7 Å². The summed E-state index contributed by atoms with van der Waals surface area (Å²) in [6.07, 6.45) is -4.54. The molecule has 0 aromatic heterocycles. The minimum atomic E-state index is -4.54. The molecule has 2 N–H and O–H groups in total. The fourth-order valence-electron chi connectivity index (χ4n) is 1.68. The van der Waals surface area contributed by atoms with E-state index in [-0.39, 0.29) is 23.1 Å². The van der Waals surface area contributed by atoms with E-state index in [2.05, 4.69) is 0 Å². The van der Waals surface area contributed by atoms with Gasteiger partial charge in [0, 0.05) is 12.6 Å². The molecular weight excluding hydrogens is 326 g/mol. The van der Waals surface area contributed by atoms with Gasteiger partial charge in [-0.25, -0.2) is 0 Å². The number of alkyl halides is 3. The summed E-state index contributed by atoms with van der Waals surface area (Å²) in [5, 5.41) is 0.486. The van der Waals surface area contributed by atoms with Crippen LogP contribution >= 0.6 is 23.2 Å². The van der Waals surface area contributed by atoms with Gasteiger partial charge in [0.1, 0.15) is 11.5 Å². The van der Waals surface area contributed by atoms with Crippen molar-refractivity contribution in [3.8, 4) is 11.5 Å². The SMILES string of the molecule is NCc1ccc(Oc2ccc(Cl)c(Cl)c2)c(C(F)(F)F)c1. The number of halogens is 5. The van der Waals surface area contributed by atoms with E-state index >= 15 is 0 Å². The third-order valence-electron chi connectivity index (χ3n) is 2.70. The molecule has 0 aliphatic carbocycles. The quantitative estimate of drug-likeness (QED) is 0.829. The molecule has 2 rings (SSSR count). The van der Waals surface area contributed by atoms with E-state index in [0.29, 0.717) is 10.6 Å². The lowest BCUT2D eigenvalue weighted by Gasteiger charge is -2.15. The van der Waals surface area contributed by atoms with Gasteiger partial charge in [0.15, 0.2) is 0 Å². The summed E-state index contributed by atoms with van der Waals surface area (Å²) in [4.78, 5) is 0. The Morgan fingerprint density at radius 1 is 1.00 bits per heavy atom. The van der Waals surface area contributed by atoms with Crippen LogP contribution in [0.4, 0.5) is 13.2 Å². The van der Waals surface area contributed by atoms with Crippen LogP contribution in [0, 0.1) is 0 Å². The Labute approximate surface area is 129 Å². The second kappa shape index (κ2) is 6.13. The van der Waals surface area contributed by atoms with Gasteiger partial charge in [0.2, 0.25) is 0 Å². The van der Waals surface area contributed by atoms with Gasteiger partial charge in [-0.3, -0.25) is 0 Å². The molecule has 21 heavy (non-hydrogen) atoms. The minimum absolute atomic E-state index is 0.0101. The van der Waals surface area contributed by atoms with Crippen LogP contribution in [0.1, 0.15) is 11.1 Å². The fraction of sp³-hybridized carbons (Fsp3) is 0.143. The molecule has 0 amide bonds. The van der Waals surface area contributed by atoms with E-state index in [1.807, 2.05) is 0 Å². The first-order valence-electron chi connectivity index (χ1n) is 5.84.